The van der Waals surface area contributed by atoms with Crippen LogP contribution in [0.4, 0.5) is 0 Å². The zero-order valence-corrected chi connectivity index (χ0v) is 14.0. The Morgan fingerprint density at radius 2 is 1.32 bits per heavy atom. The molecule has 2 aromatic carbocycles. The molecule has 0 N–H and O–H groups in total. The van der Waals surface area contributed by atoms with Crippen molar-refractivity contribution in [3.63, 3.8) is 0 Å². The first-order chi connectivity index (χ1) is 10.3. The van der Waals surface area contributed by atoms with Crippen molar-refractivity contribution in [3.8, 4) is 16.9 Å². The van der Waals surface area contributed by atoms with Gasteiger partial charge in [0.2, 0.25) is 0 Å². The van der Waals surface area contributed by atoms with Crippen LogP contribution in [0.5, 0.6) is 5.75 Å². The van der Waals surface area contributed by atoms with Crippen LogP contribution in [0.3, 0.4) is 0 Å². The monoisotopic (exact) mass is 296 g/mol. The molecule has 2 nitrogen and oxygen atoms in total. The second-order valence-corrected chi connectivity index (χ2v) is 6.85. The first-order valence-corrected chi connectivity index (χ1v) is 7.69. The summed E-state index contributed by atoms with van der Waals surface area (Å²) in [6.07, 6.45) is 0.175. The van der Waals surface area contributed by atoms with E-state index in [2.05, 4.69) is 0 Å². The van der Waals surface area contributed by atoms with E-state index in [9.17, 15) is 4.79 Å². The molecule has 0 aliphatic rings. The van der Waals surface area contributed by atoms with Crippen LogP contribution in [0.2, 0.25) is 0 Å². The number of rotatable bonds is 4. The maximum Gasteiger partial charge on any atom is 0.168 e. The third kappa shape index (κ3) is 3.97. The van der Waals surface area contributed by atoms with Crippen molar-refractivity contribution in [1.29, 1.82) is 0 Å². The minimum absolute atomic E-state index is 0.166. The predicted octanol–water partition coefficient (Wildman–Crippen LogP) is 5.37. The van der Waals surface area contributed by atoms with Crippen molar-refractivity contribution < 1.29 is 9.53 Å². The average molecular weight is 296 g/mol. The maximum atomic E-state index is 12.2. The van der Waals surface area contributed by atoms with Crippen molar-refractivity contribution in [3.05, 3.63) is 54.1 Å². The van der Waals surface area contributed by atoms with E-state index in [1.165, 1.54) is 0 Å². The summed E-state index contributed by atoms with van der Waals surface area (Å²) in [4.78, 5) is 12.2. The van der Waals surface area contributed by atoms with Gasteiger partial charge in [0, 0.05) is 11.0 Å². The van der Waals surface area contributed by atoms with Gasteiger partial charge in [0.1, 0.15) is 5.75 Å². The third-order valence-electron chi connectivity index (χ3n) is 3.39. The summed E-state index contributed by atoms with van der Waals surface area (Å²) in [6, 6.07) is 15.8. The van der Waals surface area contributed by atoms with Crippen molar-refractivity contribution >= 4 is 5.78 Å². The number of benzene rings is 2. The van der Waals surface area contributed by atoms with Crippen molar-refractivity contribution in [2.24, 2.45) is 5.41 Å². The first-order valence-electron chi connectivity index (χ1n) is 7.69. The van der Waals surface area contributed by atoms with E-state index < -0.39 is 0 Å². The van der Waals surface area contributed by atoms with Crippen LogP contribution >= 0.6 is 0 Å². The second-order valence-electron chi connectivity index (χ2n) is 6.85. The molecule has 0 aliphatic carbocycles. The van der Waals surface area contributed by atoms with Crippen LogP contribution < -0.4 is 4.74 Å². The quantitative estimate of drug-likeness (QED) is 0.709. The van der Waals surface area contributed by atoms with E-state index in [0.717, 1.165) is 22.4 Å². The topological polar surface area (TPSA) is 26.3 Å². The molecule has 0 amide bonds. The lowest BCUT2D eigenvalue weighted by molar-refractivity contribution is 0.0858. The van der Waals surface area contributed by atoms with Crippen molar-refractivity contribution in [2.45, 2.75) is 40.7 Å². The molecule has 0 aromatic heterocycles. The highest BCUT2D eigenvalue weighted by Crippen LogP contribution is 2.26. The molecule has 0 atom stereocenters. The fraction of sp³-hybridized carbons (Fsp3) is 0.350. The van der Waals surface area contributed by atoms with Crippen LogP contribution in [0.25, 0.3) is 11.1 Å². The smallest absolute Gasteiger partial charge is 0.168 e. The third-order valence-corrected chi connectivity index (χ3v) is 3.39. The van der Waals surface area contributed by atoms with Gasteiger partial charge in [0.15, 0.2) is 5.78 Å². The van der Waals surface area contributed by atoms with Crippen LogP contribution in [0.15, 0.2) is 48.5 Å². The van der Waals surface area contributed by atoms with Gasteiger partial charge in [-0.05, 0) is 37.1 Å². The SMILES string of the molecule is CC(C)Oc1ccc(-c2ccc(C(=O)C(C)(C)C)cc2)cc1. The highest BCUT2D eigenvalue weighted by Gasteiger charge is 2.22. The highest BCUT2D eigenvalue weighted by molar-refractivity contribution is 6.00. The van der Waals surface area contributed by atoms with Gasteiger partial charge >= 0.3 is 0 Å². The van der Waals surface area contributed by atoms with Gasteiger partial charge in [-0.1, -0.05) is 57.2 Å². The lowest BCUT2D eigenvalue weighted by Crippen LogP contribution is -2.19. The van der Waals surface area contributed by atoms with Gasteiger partial charge in [0.05, 0.1) is 6.10 Å². The Labute approximate surface area is 133 Å². The summed E-state index contributed by atoms with van der Waals surface area (Å²) >= 11 is 0. The van der Waals surface area contributed by atoms with Gasteiger partial charge in [-0.2, -0.15) is 0 Å². The molecule has 0 aliphatic heterocycles. The highest BCUT2D eigenvalue weighted by atomic mass is 16.5. The van der Waals surface area contributed by atoms with Gasteiger partial charge in [-0.25, -0.2) is 0 Å². The summed E-state index contributed by atoms with van der Waals surface area (Å²) in [7, 11) is 0. The number of ketones is 1. The fourth-order valence-corrected chi connectivity index (χ4v) is 2.25. The van der Waals surface area contributed by atoms with E-state index in [0.29, 0.717) is 0 Å². The van der Waals surface area contributed by atoms with Crippen molar-refractivity contribution in [2.75, 3.05) is 0 Å². The molecular weight excluding hydrogens is 272 g/mol. The Bertz CT molecular complexity index is 629. The molecule has 116 valence electrons. The molecular formula is C20H24O2. The molecule has 0 heterocycles. The van der Waals surface area contributed by atoms with Crippen molar-refractivity contribution in [1.82, 2.24) is 0 Å². The summed E-state index contributed by atoms with van der Waals surface area (Å²) in [6.45, 7) is 9.85. The van der Waals surface area contributed by atoms with E-state index >= 15 is 0 Å². The largest absolute Gasteiger partial charge is 0.491 e. The van der Waals surface area contributed by atoms with Crippen LogP contribution in [-0.4, -0.2) is 11.9 Å². The Kier molecular flexibility index (Phi) is 4.70. The summed E-state index contributed by atoms with van der Waals surface area (Å²) < 4.78 is 5.65. The molecule has 2 aromatic rings. The molecule has 2 heteroatoms. The summed E-state index contributed by atoms with van der Waals surface area (Å²) in [5.41, 5.74) is 2.63. The fourth-order valence-electron chi connectivity index (χ4n) is 2.25. The van der Waals surface area contributed by atoms with Crippen LogP contribution in [-0.2, 0) is 0 Å². The van der Waals surface area contributed by atoms with Crippen LogP contribution in [0.1, 0.15) is 45.0 Å². The molecule has 0 spiro atoms. The molecule has 0 saturated carbocycles. The molecule has 0 bridgehead atoms. The van der Waals surface area contributed by atoms with Gasteiger partial charge in [0.25, 0.3) is 0 Å². The summed E-state index contributed by atoms with van der Waals surface area (Å²) in [5, 5.41) is 0. The molecule has 22 heavy (non-hydrogen) atoms. The normalized spacial score (nSPS) is 11.5. The lowest BCUT2D eigenvalue weighted by Gasteiger charge is -2.16. The molecule has 2 rings (SSSR count). The lowest BCUT2D eigenvalue weighted by atomic mass is 9.86. The Morgan fingerprint density at radius 3 is 1.73 bits per heavy atom. The van der Waals surface area contributed by atoms with E-state index in [4.69, 9.17) is 4.74 Å². The van der Waals surface area contributed by atoms with E-state index in [-0.39, 0.29) is 17.3 Å². The van der Waals surface area contributed by atoms with Gasteiger partial charge in [-0.15, -0.1) is 0 Å². The second kappa shape index (κ2) is 6.35. The van der Waals surface area contributed by atoms with Gasteiger partial charge in [-0.3, -0.25) is 4.79 Å². The molecule has 0 fully saturated rings. The Hall–Kier alpha value is -2.09. The number of Topliss-reactive ketones (excluding diaryl/α,β-unsaturated/α-hetero) is 1. The van der Waals surface area contributed by atoms with Gasteiger partial charge < -0.3 is 4.74 Å². The first kappa shape index (κ1) is 16.3. The molecule has 0 unspecified atom stereocenters. The zero-order chi connectivity index (χ0) is 16.3. The standard InChI is InChI=1S/C20H24O2/c1-14(2)22-18-12-10-16(11-13-18)15-6-8-17(9-7-15)19(21)20(3,4)5/h6-14H,1-5H3. The minimum atomic E-state index is -0.350. The van der Waals surface area contributed by atoms with E-state index in [1.807, 2.05) is 83.1 Å². The Morgan fingerprint density at radius 1 is 0.864 bits per heavy atom. The maximum absolute atomic E-state index is 12.2. The Balaban J connectivity index is 2.18. The minimum Gasteiger partial charge on any atom is -0.491 e. The number of ether oxygens (including phenoxy) is 1. The molecule has 0 radical (unpaired) electrons. The van der Waals surface area contributed by atoms with E-state index in [1.54, 1.807) is 0 Å². The number of carbonyl (C=O) groups is 1. The molecule has 0 saturated heterocycles. The van der Waals surface area contributed by atoms with Crippen LogP contribution in [0, 0.1) is 5.41 Å². The zero-order valence-electron chi connectivity index (χ0n) is 14.0. The predicted molar refractivity (Wildman–Crippen MR) is 91.4 cm³/mol. The number of hydrogen-bond acceptors (Lipinski definition) is 2. The number of hydrogen-bond donors (Lipinski definition) is 0. The average Bonchev–Trinajstić information content (AvgIpc) is 2.46. The number of carbonyl (C=O) groups excluding carboxylic acids is 1. The summed E-state index contributed by atoms with van der Waals surface area (Å²) in [5.74, 6) is 1.04.